The number of nitrogens with zero attached hydrogens (tertiary/aromatic N) is 1. The van der Waals surface area contributed by atoms with Gasteiger partial charge in [0.1, 0.15) is 17.9 Å². The Hall–Kier alpha value is -2.90. The number of piperidine rings is 1. The fourth-order valence-electron chi connectivity index (χ4n) is 3.90. The van der Waals surface area contributed by atoms with Gasteiger partial charge < -0.3 is 19.7 Å². The van der Waals surface area contributed by atoms with E-state index >= 15 is 0 Å². The molecule has 2 N–H and O–H groups in total. The van der Waals surface area contributed by atoms with Gasteiger partial charge >= 0.3 is 5.97 Å². The van der Waals surface area contributed by atoms with Crippen LogP contribution in [0.1, 0.15) is 41.7 Å². The van der Waals surface area contributed by atoms with Crippen LogP contribution in [-0.2, 0) is 9.53 Å². The third-order valence-corrected chi connectivity index (χ3v) is 6.03. The first-order valence-electron chi connectivity index (χ1n) is 11.0. The summed E-state index contributed by atoms with van der Waals surface area (Å²) in [6.07, 6.45) is 1.46. The van der Waals surface area contributed by atoms with Crippen molar-refractivity contribution in [1.29, 1.82) is 0 Å². The summed E-state index contributed by atoms with van der Waals surface area (Å²) < 4.78 is 10.5. The van der Waals surface area contributed by atoms with Gasteiger partial charge in [-0.2, -0.15) is 0 Å². The highest BCUT2D eigenvalue weighted by atomic mass is 16.5. The van der Waals surface area contributed by atoms with Gasteiger partial charge in [-0.15, -0.1) is 0 Å². The first kappa shape index (κ1) is 23.8. The van der Waals surface area contributed by atoms with Crippen LogP contribution in [-0.4, -0.2) is 62.7 Å². The van der Waals surface area contributed by atoms with Gasteiger partial charge in [-0.3, -0.25) is 10.1 Å². The second-order valence-electron chi connectivity index (χ2n) is 8.28. The van der Waals surface area contributed by atoms with Gasteiger partial charge in [0, 0.05) is 19.6 Å². The number of rotatable bonds is 9. The summed E-state index contributed by atoms with van der Waals surface area (Å²) >= 11 is 0. The van der Waals surface area contributed by atoms with E-state index in [2.05, 4.69) is 22.6 Å². The average molecular weight is 440 g/mol. The zero-order valence-corrected chi connectivity index (χ0v) is 19.1. The highest BCUT2D eigenvalue weighted by molar-refractivity contribution is 5.89. The standard InChI is InChI=1S/C25H33N3O4/c1-19(20-9-11-21(12-10-20)23(29)31-3)27-24(30)25(13-16-28(2)17-14-25)26-15-18-32-22-7-5-4-6-8-22/h4-12,19,26H,13-18H2,1-3H3,(H,27,30). The Morgan fingerprint density at radius 1 is 1.06 bits per heavy atom. The lowest BCUT2D eigenvalue weighted by molar-refractivity contribution is -0.130. The normalized spacial score (nSPS) is 16.7. The van der Waals surface area contributed by atoms with Crippen LogP contribution in [0.5, 0.6) is 5.75 Å². The Kier molecular flexibility index (Phi) is 8.25. The van der Waals surface area contributed by atoms with Crippen molar-refractivity contribution in [2.75, 3.05) is 40.4 Å². The average Bonchev–Trinajstić information content (AvgIpc) is 2.83. The van der Waals surface area contributed by atoms with Crippen molar-refractivity contribution in [3.63, 3.8) is 0 Å². The minimum absolute atomic E-state index is 0.00476. The number of nitrogens with one attached hydrogen (secondary N) is 2. The van der Waals surface area contributed by atoms with E-state index in [1.165, 1.54) is 7.11 Å². The van der Waals surface area contributed by atoms with Crippen molar-refractivity contribution < 1.29 is 19.1 Å². The number of benzene rings is 2. The molecule has 2 aromatic rings. The Morgan fingerprint density at radius 2 is 1.72 bits per heavy atom. The van der Waals surface area contributed by atoms with E-state index in [0.717, 1.165) is 37.2 Å². The summed E-state index contributed by atoms with van der Waals surface area (Å²) in [5.41, 5.74) is 0.787. The molecule has 3 rings (SSSR count). The Labute approximate surface area is 190 Å². The smallest absolute Gasteiger partial charge is 0.337 e. The van der Waals surface area contributed by atoms with Gasteiger partial charge in [0.05, 0.1) is 18.7 Å². The van der Waals surface area contributed by atoms with Crippen LogP contribution >= 0.6 is 0 Å². The number of para-hydroxylation sites is 1. The van der Waals surface area contributed by atoms with Crippen LogP contribution in [0.25, 0.3) is 0 Å². The van der Waals surface area contributed by atoms with Gasteiger partial charge in [0.2, 0.25) is 5.91 Å². The van der Waals surface area contributed by atoms with Crippen molar-refractivity contribution in [2.45, 2.75) is 31.3 Å². The van der Waals surface area contributed by atoms with Crippen LogP contribution in [0.3, 0.4) is 0 Å². The van der Waals surface area contributed by atoms with Crippen LogP contribution in [0.2, 0.25) is 0 Å². The van der Waals surface area contributed by atoms with Crippen LogP contribution < -0.4 is 15.4 Å². The summed E-state index contributed by atoms with van der Waals surface area (Å²) in [7, 11) is 3.43. The SMILES string of the molecule is COC(=O)c1ccc(C(C)NC(=O)C2(NCCOc3ccccc3)CCN(C)CC2)cc1. The molecule has 2 aromatic carbocycles. The minimum atomic E-state index is -0.632. The summed E-state index contributed by atoms with van der Waals surface area (Å²) in [5, 5.41) is 6.66. The number of likely N-dealkylation sites (tertiary alicyclic amines) is 1. The molecule has 0 saturated carbocycles. The van der Waals surface area contributed by atoms with Crippen LogP contribution in [0, 0.1) is 0 Å². The monoisotopic (exact) mass is 439 g/mol. The molecular formula is C25H33N3O4. The number of hydrogen-bond acceptors (Lipinski definition) is 6. The molecule has 1 aliphatic rings. The van der Waals surface area contributed by atoms with Gasteiger partial charge in [0.15, 0.2) is 0 Å². The lowest BCUT2D eigenvalue weighted by atomic mass is 9.86. The number of amides is 1. The Morgan fingerprint density at radius 3 is 2.34 bits per heavy atom. The highest BCUT2D eigenvalue weighted by Gasteiger charge is 2.40. The molecule has 0 radical (unpaired) electrons. The fourth-order valence-corrected chi connectivity index (χ4v) is 3.90. The first-order chi connectivity index (χ1) is 15.4. The number of ether oxygens (including phenoxy) is 2. The number of carbonyl (C=O) groups is 2. The maximum absolute atomic E-state index is 13.4. The number of hydrogen-bond donors (Lipinski definition) is 2. The van der Waals surface area contributed by atoms with E-state index in [0.29, 0.717) is 18.7 Å². The van der Waals surface area contributed by atoms with Crippen LogP contribution in [0.4, 0.5) is 0 Å². The maximum Gasteiger partial charge on any atom is 0.337 e. The van der Waals surface area contributed by atoms with Gasteiger partial charge in [-0.05, 0) is 56.6 Å². The summed E-state index contributed by atoms with van der Waals surface area (Å²) in [6.45, 7) is 4.71. The third kappa shape index (κ3) is 6.08. The molecule has 0 bridgehead atoms. The number of carbonyl (C=O) groups excluding carboxylic acids is 2. The molecule has 172 valence electrons. The molecule has 1 saturated heterocycles. The predicted molar refractivity (Wildman–Crippen MR) is 124 cm³/mol. The van der Waals surface area contributed by atoms with Gasteiger partial charge in [-0.25, -0.2) is 4.79 Å². The predicted octanol–water partition coefficient (Wildman–Crippen LogP) is 2.78. The van der Waals surface area contributed by atoms with Crippen molar-refractivity contribution in [3.8, 4) is 5.75 Å². The summed E-state index contributed by atoms with van der Waals surface area (Å²) in [5.74, 6) is 0.440. The topological polar surface area (TPSA) is 79.9 Å². The molecule has 1 aliphatic heterocycles. The second kappa shape index (κ2) is 11.1. The van der Waals surface area contributed by atoms with Gasteiger partial charge in [-0.1, -0.05) is 30.3 Å². The van der Waals surface area contributed by atoms with E-state index in [9.17, 15) is 9.59 Å². The molecule has 0 aromatic heterocycles. The van der Waals surface area contributed by atoms with Crippen molar-refractivity contribution in [3.05, 3.63) is 65.7 Å². The quantitative estimate of drug-likeness (QED) is 0.462. The second-order valence-corrected chi connectivity index (χ2v) is 8.28. The molecule has 1 amide bonds. The highest BCUT2D eigenvalue weighted by Crippen LogP contribution is 2.24. The molecule has 7 nitrogen and oxygen atoms in total. The molecule has 1 heterocycles. The molecular weight excluding hydrogens is 406 g/mol. The maximum atomic E-state index is 13.4. The van der Waals surface area contributed by atoms with Crippen molar-refractivity contribution in [2.24, 2.45) is 0 Å². The molecule has 32 heavy (non-hydrogen) atoms. The Balaban J connectivity index is 1.61. The van der Waals surface area contributed by atoms with Crippen molar-refractivity contribution in [1.82, 2.24) is 15.5 Å². The fraction of sp³-hybridized carbons (Fsp3) is 0.440. The number of esters is 1. The lowest BCUT2D eigenvalue weighted by Crippen LogP contribution is -2.62. The minimum Gasteiger partial charge on any atom is -0.492 e. The molecule has 0 spiro atoms. The molecule has 1 unspecified atom stereocenters. The largest absolute Gasteiger partial charge is 0.492 e. The van der Waals surface area contributed by atoms with E-state index in [-0.39, 0.29) is 17.9 Å². The van der Waals surface area contributed by atoms with E-state index in [1.54, 1.807) is 12.1 Å². The molecule has 1 fully saturated rings. The molecule has 7 heteroatoms. The third-order valence-electron chi connectivity index (χ3n) is 6.03. The van der Waals surface area contributed by atoms with Crippen molar-refractivity contribution >= 4 is 11.9 Å². The lowest BCUT2D eigenvalue weighted by Gasteiger charge is -2.40. The molecule has 0 aliphatic carbocycles. The summed E-state index contributed by atoms with van der Waals surface area (Å²) in [4.78, 5) is 27.3. The van der Waals surface area contributed by atoms with Gasteiger partial charge in [0.25, 0.3) is 0 Å². The van der Waals surface area contributed by atoms with Crippen LogP contribution in [0.15, 0.2) is 54.6 Å². The zero-order valence-electron chi connectivity index (χ0n) is 19.1. The Bertz CT molecular complexity index is 878. The van der Waals surface area contributed by atoms with E-state index in [1.807, 2.05) is 49.4 Å². The zero-order chi connectivity index (χ0) is 23.0. The van der Waals surface area contributed by atoms with E-state index in [4.69, 9.17) is 9.47 Å². The molecule has 1 atom stereocenters. The first-order valence-corrected chi connectivity index (χ1v) is 11.0. The van der Waals surface area contributed by atoms with E-state index < -0.39 is 5.54 Å². The number of methoxy groups -OCH3 is 1. The summed E-state index contributed by atoms with van der Waals surface area (Å²) in [6, 6.07) is 16.6.